The Bertz CT molecular complexity index is 862. The normalized spacial score (nSPS) is 12.1. The molecule has 0 aliphatic heterocycles. The third kappa shape index (κ3) is 3.77. The summed E-state index contributed by atoms with van der Waals surface area (Å²) in [5.74, 6) is 0.198. The average Bonchev–Trinajstić information content (AvgIpc) is 3.06. The smallest absolute Gasteiger partial charge is 0.247 e. The lowest BCUT2D eigenvalue weighted by Gasteiger charge is -2.16. The molecule has 1 atom stereocenters. The molecule has 0 saturated heterocycles. The number of hydrogen-bond donors (Lipinski definition) is 1. The van der Waals surface area contributed by atoms with E-state index in [1.807, 2.05) is 35.8 Å². The van der Waals surface area contributed by atoms with E-state index in [4.69, 9.17) is 9.47 Å². The second kappa shape index (κ2) is 7.76. The van der Waals surface area contributed by atoms with E-state index < -0.39 is 6.04 Å². The van der Waals surface area contributed by atoms with E-state index in [0.717, 1.165) is 11.0 Å². The fourth-order valence-corrected chi connectivity index (χ4v) is 2.47. The number of methoxy groups -OCH3 is 1. The van der Waals surface area contributed by atoms with Gasteiger partial charge in [-0.3, -0.25) is 4.79 Å². The minimum Gasteiger partial charge on any atom is -0.474 e. The van der Waals surface area contributed by atoms with Gasteiger partial charge in [0.2, 0.25) is 11.8 Å². The predicted molar refractivity (Wildman–Crippen MR) is 94.7 cm³/mol. The number of ether oxygens (including phenoxy) is 2. The molecule has 3 rings (SSSR count). The van der Waals surface area contributed by atoms with E-state index in [0.29, 0.717) is 24.8 Å². The summed E-state index contributed by atoms with van der Waals surface area (Å²) >= 11 is 0. The molecule has 0 spiro atoms. The van der Waals surface area contributed by atoms with Gasteiger partial charge in [-0.05, 0) is 31.2 Å². The number of amides is 1. The van der Waals surface area contributed by atoms with E-state index >= 15 is 0 Å². The highest BCUT2D eigenvalue weighted by Gasteiger charge is 2.19. The van der Waals surface area contributed by atoms with Crippen molar-refractivity contribution in [2.75, 3.05) is 25.6 Å². The Hall–Kier alpha value is -2.93. The average molecular weight is 340 g/mol. The van der Waals surface area contributed by atoms with Crippen molar-refractivity contribution in [3.63, 3.8) is 0 Å². The molecule has 0 aliphatic rings. The van der Waals surface area contributed by atoms with Crippen LogP contribution in [0.15, 0.2) is 48.9 Å². The molecule has 3 aromatic rings. The predicted octanol–water partition coefficient (Wildman–Crippen LogP) is 2.66. The summed E-state index contributed by atoms with van der Waals surface area (Å²) in [6, 6.07) is 10.8. The second-order valence-electron chi connectivity index (χ2n) is 5.50. The molecular weight excluding hydrogens is 320 g/mol. The number of carbonyl (C=O) groups is 1. The Labute approximate surface area is 145 Å². The van der Waals surface area contributed by atoms with Crippen LogP contribution in [0, 0.1) is 0 Å². The summed E-state index contributed by atoms with van der Waals surface area (Å²) in [5, 5.41) is 2.87. The van der Waals surface area contributed by atoms with Crippen LogP contribution in [-0.2, 0) is 9.53 Å². The third-order valence-electron chi connectivity index (χ3n) is 3.83. The number of nitrogens with one attached hydrogen (secondary N) is 1. The van der Waals surface area contributed by atoms with Gasteiger partial charge in [-0.1, -0.05) is 12.1 Å². The van der Waals surface area contributed by atoms with Crippen LogP contribution in [-0.4, -0.2) is 40.8 Å². The summed E-state index contributed by atoms with van der Waals surface area (Å²) < 4.78 is 12.4. The first kappa shape index (κ1) is 16.9. The highest BCUT2D eigenvalue weighted by atomic mass is 16.5. The fraction of sp³-hybridized carbons (Fsp3) is 0.278. The number of rotatable bonds is 7. The van der Waals surface area contributed by atoms with E-state index in [2.05, 4.69) is 15.3 Å². The Morgan fingerprint density at radius 3 is 2.88 bits per heavy atom. The maximum atomic E-state index is 12.7. The summed E-state index contributed by atoms with van der Waals surface area (Å²) in [4.78, 5) is 21.2. The van der Waals surface area contributed by atoms with Gasteiger partial charge in [0, 0.05) is 13.3 Å². The van der Waals surface area contributed by atoms with Gasteiger partial charge >= 0.3 is 0 Å². The maximum absolute atomic E-state index is 12.7. The van der Waals surface area contributed by atoms with Gasteiger partial charge in [0.05, 0.1) is 24.0 Å². The molecule has 0 saturated carbocycles. The number of imidazole rings is 1. The zero-order valence-electron chi connectivity index (χ0n) is 14.2. The lowest BCUT2D eigenvalue weighted by molar-refractivity contribution is -0.118. The van der Waals surface area contributed by atoms with Crippen LogP contribution in [0.3, 0.4) is 0 Å². The minimum atomic E-state index is -0.431. The topological polar surface area (TPSA) is 78.3 Å². The van der Waals surface area contributed by atoms with E-state index in [9.17, 15) is 4.79 Å². The Morgan fingerprint density at radius 1 is 1.20 bits per heavy atom. The zero-order valence-corrected chi connectivity index (χ0v) is 14.2. The van der Waals surface area contributed by atoms with E-state index in [1.165, 1.54) is 0 Å². The van der Waals surface area contributed by atoms with E-state index in [1.54, 1.807) is 31.8 Å². The van der Waals surface area contributed by atoms with Gasteiger partial charge in [-0.15, -0.1) is 0 Å². The number of benzene rings is 1. The van der Waals surface area contributed by atoms with Crippen LogP contribution in [0.1, 0.15) is 13.0 Å². The van der Waals surface area contributed by atoms with Crippen molar-refractivity contribution >= 4 is 22.6 Å². The standard InChI is InChI=1S/C18H20N4O3/c1-13(22-12-20-14-6-3-4-8-16(14)22)17(23)21-15-7-5-9-19-18(15)25-11-10-24-2/h3-9,12-13H,10-11H2,1-2H3,(H,21,23). The first-order valence-electron chi connectivity index (χ1n) is 8.00. The van der Waals surface area contributed by atoms with Crippen molar-refractivity contribution < 1.29 is 14.3 Å². The number of pyridine rings is 1. The SMILES string of the molecule is COCCOc1ncccc1NC(=O)C(C)n1cnc2ccccc21. The molecule has 0 bridgehead atoms. The number of aromatic nitrogens is 3. The molecule has 130 valence electrons. The molecule has 1 unspecified atom stereocenters. The summed E-state index contributed by atoms with van der Waals surface area (Å²) in [5.41, 5.74) is 2.29. The summed E-state index contributed by atoms with van der Waals surface area (Å²) in [7, 11) is 1.60. The largest absolute Gasteiger partial charge is 0.474 e. The fourth-order valence-electron chi connectivity index (χ4n) is 2.47. The molecule has 2 aromatic heterocycles. The Kier molecular flexibility index (Phi) is 5.25. The highest BCUT2D eigenvalue weighted by molar-refractivity contribution is 5.95. The van der Waals surface area contributed by atoms with E-state index in [-0.39, 0.29) is 5.91 Å². The van der Waals surface area contributed by atoms with Crippen LogP contribution >= 0.6 is 0 Å². The first-order chi connectivity index (χ1) is 12.2. The molecule has 1 amide bonds. The molecule has 7 heteroatoms. The minimum absolute atomic E-state index is 0.173. The number of fused-ring (bicyclic) bond motifs is 1. The first-order valence-corrected chi connectivity index (χ1v) is 8.00. The molecule has 1 N–H and O–H groups in total. The lowest BCUT2D eigenvalue weighted by Crippen LogP contribution is -2.23. The Morgan fingerprint density at radius 2 is 2.04 bits per heavy atom. The number of anilines is 1. The molecular formula is C18H20N4O3. The van der Waals surface area contributed by atoms with Gasteiger partial charge in [0.15, 0.2) is 0 Å². The van der Waals surface area contributed by atoms with Gasteiger partial charge in [-0.2, -0.15) is 0 Å². The summed E-state index contributed by atoms with van der Waals surface area (Å²) in [6.07, 6.45) is 3.29. The van der Waals surface area contributed by atoms with Gasteiger partial charge in [0.25, 0.3) is 0 Å². The monoisotopic (exact) mass is 340 g/mol. The maximum Gasteiger partial charge on any atom is 0.247 e. The van der Waals surface area contributed by atoms with Gasteiger partial charge in [0.1, 0.15) is 18.3 Å². The van der Waals surface area contributed by atoms with Gasteiger partial charge in [-0.25, -0.2) is 9.97 Å². The lowest BCUT2D eigenvalue weighted by atomic mass is 10.2. The van der Waals surface area contributed by atoms with Crippen LogP contribution in [0.4, 0.5) is 5.69 Å². The number of hydrogen-bond acceptors (Lipinski definition) is 5. The van der Waals surface area contributed by atoms with Crippen molar-refractivity contribution in [1.29, 1.82) is 0 Å². The number of para-hydroxylation sites is 2. The molecule has 0 radical (unpaired) electrons. The van der Waals surface area contributed by atoms with Crippen LogP contribution < -0.4 is 10.1 Å². The van der Waals surface area contributed by atoms with Crippen molar-refractivity contribution in [3.8, 4) is 5.88 Å². The zero-order chi connectivity index (χ0) is 17.6. The highest BCUT2D eigenvalue weighted by Crippen LogP contribution is 2.23. The van der Waals surface area contributed by atoms with Gasteiger partial charge < -0.3 is 19.4 Å². The van der Waals surface area contributed by atoms with Crippen LogP contribution in [0.5, 0.6) is 5.88 Å². The van der Waals surface area contributed by atoms with Crippen molar-refractivity contribution in [2.45, 2.75) is 13.0 Å². The molecule has 1 aromatic carbocycles. The quantitative estimate of drug-likeness (QED) is 0.669. The summed E-state index contributed by atoms with van der Waals surface area (Å²) in [6.45, 7) is 2.63. The Balaban J connectivity index is 1.76. The van der Waals surface area contributed by atoms with Crippen molar-refractivity contribution in [2.24, 2.45) is 0 Å². The molecule has 7 nitrogen and oxygen atoms in total. The van der Waals surface area contributed by atoms with Crippen molar-refractivity contribution in [1.82, 2.24) is 14.5 Å². The number of nitrogens with zero attached hydrogens (tertiary/aromatic N) is 3. The number of carbonyl (C=O) groups excluding carboxylic acids is 1. The molecule has 25 heavy (non-hydrogen) atoms. The van der Waals surface area contributed by atoms with Crippen LogP contribution in [0.2, 0.25) is 0 Å². The molecule has 0 fully saturated rings. The molecule has 0 aliphatic carbocycles. The van der Waals surface area contributed by atoms with Crippen LogP contribution in [0.25, 0.3) is 11.0 Å². The molecule has 2 heterocycles. The second-order valence-corrected chi connectivity index (χ2v) is 5.50. The van der Waals surface area contributed by atoms with Crippen molar-refractivity contribution in [3.05, 3.63) is 48.9 Å². The third-order valence-corrected chi connectivity index (χ3v) is 3.83.